The Morgan fingerprint density at radius 2 is 0.880 bits per heavy atom. The van der Waals surface area contributed by atoms with E-state index in [9.17, 15) is 0 Å². The molecule has 25 heavy (non-hydrogen) atoms. The zero-order valence-electron chi connectivity index (χ0n) is 16.7. The molecule has 152 valence electrons. The lowest BCUT2D eigenvalue weighted by atomic mass is 10.0. The normalized spacial score (nSPS) is 15.4. The second-order valence-electron chi connectivity index (χ2n) is 6.13. The molecule has 2 unspecified atom stereocenters. The summed E-state index contributed by atoms with van der Waals surface area (Å²) in [5.74, 6) is 0. The minimum Gasteiger partial charge on any atom is -0.377 e. The number of hydrogen-bond donors (Lipinski definition) is 2. The van der Waals surface area contributed by atoms with Crippen LogP contribution in [0.25, 0.3) is 0 Å². The van der Waals surface area contributed by atoms with Gasteiger partial charge in [-0.3, -0.25) is 0 Å². The van der Waals surface area contributed by atoms with Crippen molar-refractivity contribution < 1.29 is 26.6 Å². The summed E-state index contributed by atoms with van der Waals surface area (Å²) in [6.07, 6.45) is 4.30. The first-order chi connectivity index (χ1) is 11.9. The van der Waals surface area contributed by atoms with Gasteiger partial charge in [0.2, 0.25) is 0 Å². The van der Waals surface area contributed by atoms with Crippen LogP contribution in [0.3, 0.4) is 0 Å². The summed E-state index contributed by atoms with van der Waals surface area (Å²) in [7, 11) is 4.74. The van der Waals surface area contributed by atoms with E-state index in [0.29, 0.717) is 0 Å². The van der Waals surface area contributed by atoms with Crippen molar-refractivity contribution in [1.29, 1.82) is 0 Å². The molecule has 2 atom stereocenters. The van der Waals surface area contributed by atoms with Crippen LogP contribution in [0.5, 0.6) is 0 Å². The highest BCUT2D eigenvalue weighted by molar-refractivity contribution is 6.60. The first-order valence-electron chi connectivity index (χ1n) is 8.68. The molecule has 0 aromatic carbocycles. The van der Waals surface area contributed by atoms with Crippen LogP contribution in [-0.4, -0.2) is 72.4 Å². The second-order valence-corrected chi connectivity index (χ2v) is 12.3. The third-order valence-corrected chi connectivity index (χ3v) is 10.3. The summed E-state index contributed by atoms with van der Waals surface area (Å²) in [6.45, 7) is 0. The molecule has 10 heteroatoms. The van der Waals surface area contributed by atoms with Crippen molar-refractivity contribution in [3.05, 3.63) is 0 Å². The molecule has 0 bridgehead atoms. The molecule has 0 aromatic rings. The third kappa shape index (κ3) is 9.04. The van der Waals surface area contributed by atoms with Crippen LogP contribution < -0.4 is 11.5 Å². The van der Waals surface area contributed by atoms with Crippen LogP contribution in [0.4, 0.5) is 0 Å². The smallest absolute Gasteiger partial charge is 0.377 e. The predicted octanol–water partition coefficient (Wildman–Crippen LogP) is 1.35. The molecule has 0 rings (SSSR count). The largest absolute Gasteiger partial charge is 0.500 e. The van der Waals surface area contributed by atoms with E-state index in [1.54, 1.807) is 42.7 Å². The van der Waals surface area contributed by atoms with E-state index < -0.39 is 17.6 Å². The Labute approximate surface area is 155 Å². The molecule has 8 nitrogen and oxygen atoms in total. The highest BCUT2D eigenvalue weighted by Gasteiger charge is 2.38. The van der Waals surface area contributed by atoms with Gasteiger partial charge in [-0.2, -0.15) is 0 Å². The van der Waals surface area contributed by atoms with Gasteiger partial charge in [0.1, 0.15) is 0 Å². The number of rotatable bonds is 16. The van der Waals surface area contributed by atoms with Gasteiger partial charge in [0.05, 0.1) is 0 Å². The molecule has 0 aliphatic carbocycles. The third-order valence-electron chi connectivity index (χ3n) is 4.59. The molecule has 4 N–H and O–H groups in total. The van der Waals surface area contributed by atoms with E-state index in [1.807, 2.05) is 0 Å². The molecular formula is C15H38N2O6Si2. The van der Waals surface area contributed by atoms with Crippen LogP contribution in [0.1, 0.15) is 32.1 Å². The summed E-state index contributed by atoms with van der Waals surface area (Å²) in [5, 5.41) is 0. The van der Waals surface area contributed by atoms with Crippen LogP contribution in [-0.2, 0) is 26.6 Å². The standard InChI is InChI=1S/C15H38N2O6Si2/c1-18-24(19-2,20-3)11-7-9-14(16)13-15(17)10-8-12-25(21-4,22-5)23-6/h14-15H,7-13,16-17H2,1-6H3. The molecule has 0 aliphatic rings. The lowest BCUT2D eigenvalue weighted by Crippen LogP contribution is -2.43. The molecule has 0 radical (unpaired) electrons. The Morgan fingerprint density at radius 1 is 0.600 bits per heavy atom. The van der Waals surface area contributed by atoms with Crippen molar-refractivity contribution in [2.75, 3.05) is 42.7 Å². The molecule has 0 saturated carbocycles. The van der Waals surface area contributed by atoms with Gasteiger partial charge in [-0.15, -0.1) is 0 Å². The molecule has 0 saturated heterocycles. The number of hydrogen-bond acceptors (Lipinski definition) is 8. The summed E-state index contributed by atoms with van der Waals surface area (Å²) in [5.41, 5.74) is 12.4. The Kier molecular flexibility index (Phi) is 13.4. The van der Waals surface area contributed by atoms with Crippen molar-refractivity contribution in [3.63, 3.8) is 0 Å². The molecular weight excluding hydrogens is 360 g/mol. The van der Waals surface area contributed by atoms with E-state index in [-0.39, 0.29) is 12.1 Å². The SMILES string of the molecule is CO[Si](CCCC(N)CC(N)CCC[Si](OC)(OC)OC)(OC)OC. The van der Waals surface area contributed by atoms with E-state index in [4.69, 9.17) is 38.0 Å². The molecule has 0 spiro atoms. The Hall–Kier alpha value is 0.114. The minimum absolute atomic E-state index is 0.0570. The summed E-state index contributed by atoms with van der Waals surface area (Å²) < 4.78 is 32.5. The van der Waals surface area contributed by atoms with E-state index in [1.165, 1.54) is 0 Å². The van der Waals surface area contributed by atoms with Gasteiger partial charge in [0, 0.05) is 66.8 Å². The van der Waals surface area contributed by atoms with Crippen molar-refractivity contribution in [3.8, 4) is 0 Å². The predicted molar refractivity (Wildman–Crippen MR) is 102 cm³/mol. The van der Waals surface area contributed by atoms with Gasteiger partial charge in [0.15, 0.2) is 0 Å². The van der Waals surface area contributed by atoms with Crippen molar-refractivity contribution >= 4 is 17.6 Å². The van der Waals surface area contributed by atoms with Crippen LogP contribution in [0.2, 0.25) is 12.1 Å². The maximum absolute atomic E-state index is 6.21. The maximum Gasteiger partial charge on any atom is 0.500 e. The fourth-order valence-corrected chi connectivity index (χ4v) is 6.40. The van der Waals surface area contributed by atoms with Gasteiger partial charge >= 0.3 is 17.6 Å². The molecule has 0 heterocycles. The van der Waals surface area contributed by atoms with Crippen LogP contribution >= 0.6 is 0 Å². The molecule has 0 aliphatic heterocycles. The van der Waals surface area contributed by atoms with Gasteiger partial charge in [-0.05, 0) is 32.1 Å². The van der Waals surface area contributed by atoms with Gasteiger partial charge in [0.25, 0.3) is 0 Å². The minimum atomic E-state index is -2.50. The Morgan fingerprint density at radius 3 is 1.12 bits per heavy atom. The fourth-order valence-electron chi connectivity index (χ4n) is 2.90. The van der Waals surface area contributed by atoms with E-state index in [2.05, 4.69) is 0 Å². The fraction of sp³-hybridized carbons (Fsp3) is 1.00. The molecule has 0 aromatic heterocycles. The summed E-state index contributed by atoms with van der Waals surface area (Å²) >= 11 is 0. The average molecular weight is 399 g/mol. The average Bonchev–Trinajstić information content (AvgIpc) is 2.63. The van der Waals surface area contributed by atoms with E-state index >= 15 is 0 Å². The summed E-state index contributed by atoms with van der Waals surface area (Å²) in [4.78, 5) is 0. The van der Waals surface area contributed by atoms with Crippen LogP contribution in [0, 0.1) is 0 Å². The zero-order valence-corrected chi connectivity index (χ0v) is 18.7. The molecule has 0 fully saturated rings. The summed E-state index contributed by atoms with van der Waals surface area (Å²) in [6, 6.07) is 1.62. The highest BCUT2D eigenvalue weighted by atomic mass is 28.4. The van der Waals surface area contributed by atoms with Gasteiger partial charge < -0.3 is 38.0 Å². The first-order valence-corrected chi connectivity index (χ1v) is 12.5. The lowest BCUT2D eigenvalue weighted by Gasteiger charge is -2.26. The first kappa shape index (κ1) is 25.1. The number of nitrogens with two attached hydrogens (primary N) is 2. The van der Waals surface area contributed by atoms with E-state index in [0.717, 1.165) is 44.2 Å². The van der Waals surface area contributed by atoms with Crippen LogP contribution in [0.15, 0.2) is 0 Å². The van der Waals surface area contributed by atoms with Gasteiger partial charge in [-0.25, -0.2) is 0 Å². The van der Waals surface area contributed by atoms with Crippen molar-refractivity contribution in [2.24, 2.45) is 11.5 Å². The zero-order chi connectivity index (χ0) is 19.3. The molecule has 0 amide bonds. The van der Waals surface area contributed by atoms with Crippen molar-refractivity contribution in [1.82, 2.24) is 0 Å². The maximum atomic E-state index is 6.21. The highest BCUT2D eigenvalue weighted by Crippen LogP contribution is 2.20. The Balaban J connectivity index is 4.08. The topological polar surface area (TPSA) is 107 Å². The monoisotopic (exact) mass is 398 g/mol. The Bertz CT molecular complexity index is 287. The lowest BCUT2D eigenvalue weighted by molar-refractivity contribution is 0.122. The van der Waals surface area contributed by atoms with Crippen molar-refractivity contribution in [2.45, 2.75) is 56.3 Å². The van der Waals surface area contributed by atoms with Gasteiger partial charge in [-0.1, -0.05) is 0 Å². The second kappa shape index (κ2) is 13.3. The quantitative estimate of drug-likeness (QED) is 0.375.